The second kappa shape index (κ2) is 10.2. The first-order valence-corrected chi connectivity index (χ1v) is 10.9. The molecule has 0 amide bonds. The minimum atomic E-state index is -1.26. The predicted octanol–water partition coefficient (Wildman–Crippen LogP) is 2.35. The molecule has 9 heteroatoms. The molecule has 2 unspecified atom stereocenters. The summed E-state index contributed by atoms with van der Waals surface area (Å²) in [7, 11) is 2.24. The minimum absolute atomic E-state index is 0.558. The number of rotatable bonds is 3. The molecular weight excluding hydrogens is 434 g/mol. The van der Waals surface area contributed by atoms with Gasteiger partial charge in [0.25, 0.3) is 0 Å². The largest absolute Gasteiger partial charge is 0.478 e. The lowest BCUT2D eigenvalue weighted by Gasteiger charge is -2.39. The number of aliphatic carboxylic acids is 2. The molecule has 2 aromatic heterocycles. The van der Waals surface area contributed by atoms with Crippen LogP contribution in [0, 0.1) is 11.8 Å². The van der Waals surface area contributed by atoms with E-state index in [0.717, 1.165) is 30.0 Å². The van der Waals surface area contributed by atoms with Crippen LogP contribution in [0.3, 0.4) is 0 Å². The molecule has 3 N–H and O–H groups in total. The molecule has 5 rings (SSSR count). The van der Waals surface area contributed by atoms with Crippen molar-refractivity contribution < 1.29 is 19.8 Å². The number of aromatic nitrogens is 3. The van der Waals surface area contributed by atoms with E-state index in [1.54, 1.807) is 0 Å². The molecule has 3 aromatic rings. The van der Waals surface area contributed by atoms with Crippen molar-refractivity contribution in [2.75, 3.05) is 25.0 Å². The number of anilines is 1. The van der Waals surface area contributed by atoms with Gasteiger partial charge in [-0.15, -0.1) is 10.2 Å². The zero-order valence-electron chi connectivity index (χ0n) is 18.7. The highest BCUT2D eigenvalue weighted by molar-refractivity contribution is 5.89. The number of carboxylic acid groups (broad SMARTS) is 2. The van der Waals surface area contributed by atoms with Crippen LogP contribution in [-0.2, 0) is 9.59 Å². The van der Waals surface area contributed by atoms with E-state index in [1.165, 1.54) is 18.2 Å². The van der Waals surface area contributed by atoms with Crippen molar-refractivity contribution in [3.05, 3.63) is 66.0 Å². The monoisotopic (exact) mass is 459 g/mol. The van der Waals surface area contributed by atoms with E-state index in [-0.39, 0.29) is 0 Å². The second-order valence-electron chi connectivity index (χ2n) is 8.27. The van der Waals surface area contributed by atoms with Gasteiger partial charge in [0, 0.05) is 60.0 Å². The Bertz CT molecular complexity index is 1240. The number of aromatic amines is 1. The van der Waals surface area contributed by atoms with Crippen LogP contribution >= 0.6 is 0 Å². The lowest BCUT2D eigenvalue weighted by atomic mass is 10.1. The Morgan fingerprint density at radius 2 is 1.71 bits per heavy atom. The maximum absolute atomic E-state index is 9.55. The van der Waals surface area contributed by atoms with Crippen molar-refractivity contribution >= 4 is 28.7 Å². The number of nitrogens with one attached hydrogen (secondary N) is 1. The van der Waals surface area contributed by atoms with Crippen molar-refractivity contribution in [1.82, 2.24) is 20.1 Å². The molecule has 0 aliphatic carbocycles. The van der Waals surface area contributed by atoms with Gasteiger partial charge in [-0.25, -0.2) is 9.59 Å². The molecule has 2 bridgehead atoms. The van der Waals surface area contributed by atoms with Gasteiger partial charge in [-0.3, -0.25) is 4.90 Å². The maximum atomic E-state index is 9.55. The Labute approximate surface area is 196 Å². The SMILES string of the molecule is CN1C2CCC1CN(c1ccc(C#Cc3ccc4[nH]ccc4c3)nn1)C2.O=C(O)/C=C/C(=O)O. The van der Waals surface area contributed by atoms with Crippen LogP contribution in [0.15, 0.2) is 54.7 Å². The van der Waals surface area contributed by atoms with Crippen LogP contribution in [0.5, 0.6) is 0 Å². The molecule has 34 heavy (non-hydrogen) atoms. The zero-order valence-corrected chi connectivity index (χ0v) is 18.7. The maximum Gasteiger partial charge on any atom is 0.328 e. The molecule has 0 radical (unpaired) electrons. The summed E-state index contributed by atoms with van der Waals surface area (Å²) < 4.78 is 0. The first-order chi connectivity index (χ1) is 16.4. The Balaban J connectivity index is 0.000000297. The molecule has 1 aromatic carbocycles. The van der Waals surface area contributed by atoms with E-state index in [4.69, 9.17) is 10.2 Å². The summed E-state index contributed by atoms with van der Waals surface area (Å²) in [6.07, 6.45) is 5.64. The second-order valence-corrected chi connectivity index (χ2v) is 8.27. The molecule has 2 aliphatic heterocycles. The summed E-state index contributed by atoms with van der Waals surface area (Å²) in [5.74, 6) is 4.76. The van der Waals surface area contributed by atoms with Gasteiger partial charge in [0.1, 0.15) is 5.69 Å². The van der Waals surface area contributed by atoms with Crippen molar-refractivity contribution in [3.8, 4) is 11.8 Å². The fourth-order valence-electron chi connectivity index (χ4n) is 4.27. The molecule has 2 fully saturated rings. The highest BCUT2D eigenvalue weighted by Gasteiger charge is 2.37. The van der Waals surface area contributed by atoms with Crippen molar-refractivity contribution in [2.24, 2.45) is 0 Å². The number of nitrogens with zero attached hydrogens (tertiary/aromatic N) is 4. The van der Waals surface area contributed by atoms with E-state index in [1.807, 2.05) is 18.3 Å². The molecule has 4 heterocycles. The summed E-state index contributed by atoms with van der Waals surface area (Å²) in [4.78, 5) is 27.2. The van der Waals surface area contributed by atoms with Gasteiger partial charge < -0.3 is 20.1 Å². The number of carboxylic acids is 2. The summed E-state index contributed by atoms with van der Waals surface area (Å²) in [5.41, 5.74) is 2.82. The third-order valence-electron chi connectivity index (χ3n) is 6.08. The topological polar surface area (TPSA) is 123 Å². The van der Waals surface area contributed by atoms with Crippen LogP contribution in [0.1, 0.15) is 24.1 Å². The van der Waals surface area contributed by atoms with E-state index in [0.29, 0.717) is 29.9 Å². The first kappa shape index (κ1) is 23.0. The number of fused-ring (bicyclic) bond motifs is 3. The lowest BCUT2D eigenvalue weighted by molar-refractivity contribution is -0.134. The fraction of sp³-hybridized carbons (Fsp3) is 0.280. The Morgan fingerprint density at radius 1 is 1.00 bits per heavy atom. The summed E-state index contributed by atoms with van der Waals surface area (Å²) in [6, 6.07) is 13.5. The average molecular weight is 460 g/mol. The number of carbonyl (C=O) groups is 2. The normalized spacial score (nSPS) is 19.4. The molecule has 2 saturated heterocycles. The third-order valence-corrected chi connectivity index (χ3v) is 6.08. The van der Waals surface area contributed by atoms with Gasteiger partial charge in [-0.1, -0.05) is 5.92 Å². The van der Waals surface area contributed by atoms with Crippen molar-refractivity contribution in [3.63, 3.8) is 0 Å². The Morgan fingerprint density at radius 3 is 2.32 bits per heavy atom. The van der Waals surface area contributed by atoms with Crippen LogP contribution in [-0.4, -0.2) is 74.5 Å². The predicted molar refractivity (Wildman–Crippen MR) is 128 cm³/mol. The molecule has 2 atom stereocenters. The van der Waals surface area contributed by atoms with Gasteiger partial charge in [-0.2, -0.15) is 0 Å². The van der Waals surface area contributed by atoms with E-state index in [9.17, 15) is 9.59 Å². The van der Waals surface area contributed by atoms with Gasteiger partial charge >= 0.3 is 11.9 Å². The molecule has 9 nitrogen and oxygen atoms in total. The highest BCUT2D eigenvalue weighted by atomic mass is 16.4. The lowest BCUT2D eigenvalue weighted by Crippen LogP contribution is -2.52. The van der Waals surface area contributed by atoms with Gasteiger partial charge in [0.05, 0.1) is 0 Å². The number of piperazine rings is 1. The van der Waals surface area contributed by atoms with Crippen LogP contribution < -0.4 is 4.90 Å². The third kappa shape index (κ3) is 5.60. The van der Waals surface area contributed by atoms with Crippen LogP contribution in [0.2, 0.25) is 0 Å². The van der Waals surface area contributed by atoms with Crippen LogP contribution in [0.4, 0.5) is 5.82 Å². The minimum Gasteiger partial charge on any atom is -0.478 e. The van der Waals surface area contributed by atoms with Gasteiger partial charge in [-0.05, 0) is 62.2 Å². The molecule has 0 spiro atoms. The van der Waals surface area contributed by atoms with Gasteiger partial charge in [0.15, 0.2) is 5.82 Å². The van der Waals surface area contributed by atoms with Crippen LogP contribution in [0.25, 0.3) is 10.9 Å². The number of likely N-dealkylation sites (N-methyl/N-ethyl adjacent to an activating group) is 1. The van der Waals surface area contributed by atoms with Crippen molar-refractivity contribution in [1.29, 1.82) is 0 Å². The summed E-state index contributed by atoms with van der Waals surface area (Å²) >= 11 is 0. The quantitative estimate of drug-likeness (QED) is 0.403. The van der Waals surface area contributed by atoms with E-state index >= 15 is 0 Å². The van der Waals surface area contributed by atoms with Gasteiger partial charge in [0.2, 0.25) is 0 Å². The average Bonchev–Trinajstić information content (AvgIpc) is 3.35. The summed E-state index contributed by atoms with van der Waals surface area (Å²) in [5, 5.41) is 25.5. The van der Waals surface area contributed by atoms with Crippen molar-refractivity contribution in [2.45, 2.75) is 24.9 Å². The molecule has 2 aliphatic rings. The molecule has 0 saturated carbocycles. The Hall–Kier alpha value is -4.16. The number of H-pyrrole nitrogens is 1. The highest BCUT2D eigenvalue weighted by Crippen LogP contribution is 2.30. The standard InChI is InChI=1S/C21H21N5.C4H4O4/c1-25-18-6-7-19(25)14-26(13-18)21-9-5-17(23-24-21)4-2-15-3-8-20-16(12-15)10-11-22-20;5-3(6)1-2-4(7)8/h3,5,8-12,18-19,22H,6-7,13-14H2,1H3;1-2H,(H,5,6)(H,7,8)/b;2-1+. The van der Waals surface area contributed by atoms with E-state index in [2.05, 4.69) is 68.1 Å². The fourth-order valence-corrected chi connectivity index (χ4v) is 4.27. The number of hydrogen-bond acceptors (Lipinski definition) is 6. The number of hydrogen-bond donors (Lipinski definition) is 3. The molecular formula is C25H25N5O4. The smallest absolute Gasteiger partial charge is 0.328 e. The first-order valence-electron chi connectivity index (χ1n) is 10.9. The molecule has 174 valence electrons. The number of benzene rings is 1. The summed E-state index contributed by atoms with van der Waals surface area (Å²) in [6.45, 7) is 2.09. The Kier molecular flexibility index (Phi) is 6.90. The zero-order chi connectivity index (χ0) is 24.1. The van der Waals surface area contributed by atoms with E-state index < -0.39 is 11.9 Å².